The van der Waals surface area contributed by atoms with Gasteiger partial charge >= 0.3 is 0 Å². The zero-order chi connectivity index (χ0) is 11.0. The topological polar surface area (TPSA) is 39.7 Å². The first-order valence-corrected chi connectivity index (χ1v) is 5.50. The summed E-state index contributed by atoms with van der Waals surface area (Å²) in [5.74, 6) is 0.251. The predicted octanol–water partition coefficient (Wildman–Crippen LogP) is 0.998. The van der Waals surface area contributed by atoms with Gasteiger partial charge in [0, 0.05) is 12.1 Å². The Morgan fingerprint density at radius 3 is 2.88 bits per heavy atom. The first kappa shape index (κ1) is 10.1. The lowest BCUT2D eigenvalue weighted by molar-refractivity contribution is -0.166. The zero-order valence-electron chi connectivity index (χ0n) is 9.29. The summed E-state index contributed by atoms with van der Waals surface area (Å²) in [6.07, 6.45) is 0. The molecule has 1 spiro atoms. The average Bonchev–Trinajstić information content (AvgIpc) is 2.79. The van der Waals surface area contributed by atoms with E-state index in [1.54, 1.807) is 7.11 Å². The van der Waals surface area contributed by atoms with Crippen molar-refractivity contribution in [1.82, 2.24) is 5.32 Å². The molecule has 1 aromatic rings. The molecule has 0 bridgehead atoms. The predicted molar refractivity (Wildman–Crippen MR) is 58.3 cm³/mol. The second-order valence-corrected chi connectivity index (χ2v) is 4.08. The molecule has 3 rings (SSSR count). The van der Waals surface area contributed by atoms with Crippen molar-refractivity contribution in [3.8, 4) is 5.75 Å². The van der Waals surface area contributed by atoms with E-state index in [1.807, 2.05) is 12.1 Å². The number of hydrogen-bond donors (Lipinski definition) is 1. The van der Waals surface area contributed by atoms with E-state index >= 15 is 0 Å². The van der Waals surface area contributed by atoms with Crippen LogP contribution in [-0.4, -0.2) is 26.9 Å². The summed E-state index contributed by atoms with van der Waals surface area (Å²) in [7, 11) is 1.67. The van der Waals surface area contributed by atoms with Gasteiger partial charge in [0.25, 0.3) is 0 Å². The molecule has 0 atom stereocenters. The van der Waals surface area contributed by atoms with E-state index in [0.29, 0.717) is 19.8 Å². The molecule has 2 aliphatic rings. The van der Waals surface area contributed by atoms with Crippen LogP contribution in [0.5, 0.6) is 5.75 Å². The number of ether oxygens (including phenoxy) is 3. The minimum atomic E-state index is -0.595. The van der Waals surface area contributed by atoms with Crippen molar-refractivity contribution in [2.45, 2.75) is 12.3 Å². The SMILES string of the molecule is COc1ccc2c(c1)C1(CNC2)OCCO1. The van der Waals surface area contributed by atoms with E-state index < -0.39 is 5.79 Å². The van der Waals surface area contributed by atoms with Crippen LogP contribution in [0.25, 0.3) is 0 Å². The molecule has 2 aliphatic heterocycles. The van der Waals surface area contributed by atoms with E-state index in [1.165, 1.54) is 5.56 Å². The Morgan fingerprint density at radius 1 is 1.31 bits per heavy atom. The molecule has 4 nitrogen and oxygen atoms in total. The van der Waals surface area contributed by atoms with E-state index in [-0.39, 0.29) is 0 Å². The summed E-state index contributed by atoms with van der Waals surface area (Å²) in [6, 6.07) is 6.04. The largest absolute Gasteiger partial charge is 0.497 e. The maximum atomic E-state index is 5.77. The maximum Gasteiger partial charge on any atom is 0.208 e. The molecule has 86 valence electrons. The lowest BCUT2D eigenvalue weighted by Crippen LogP contribution is -2.44. The number of fused-ring (bicyclic) bond motifs is 2. The molecule has 2 heterocycles. The molecule has 0 radical (unpaired) electrons. The lowest BCUT2D eigenvalue weighted by Gasteiger charge is -2.34. The summed E-state index contributed by atoms with van der Waals surface area (Å²) in [5.41, 5.74) is 2.32. The molecule has 1 fully saturated rings. The summed E-state index contributed by atoms with van der Waals surface area (Å²) in [5, 5.41) is 3.32. The van der Waals surface area contributed by atoms with E-state index in [9.17, 15) is 0 Å². The highest BCUT2D eigenvalue weighted by Crippen LogP contribution is 2.37. The van der Waals surface area contributed by atoms with Gasteiger partial charge in [-0.1, -0.05) is 6.07 Å². The van der Waals surface area contributed by atoms with E-state index in [0.717, 1.165) is 17.9 Å². The van der Waals surface area contributed by atoms with Gasteiger partial charge in [-0.15, -0.1) is 0 Å². The Hall–Kier alpha value is -1.10. The molecule has 0 amide bonds. The van der Waals surface area contributed by atoms with Gasteiger partial charge in [0.1, 0.15) is 5.75 Å². The fourth-order valence-corrected chi connectivity index (χ4v) is 2.36. The quantitative estimate of drug-likeness (QED) is 0.768. The highest BCUT2D eigenvalue weighted by molar-refractivity contribution is 5.40. The third-order valence-corrected chi connectivity index (χ3v) is 3.15. The van der Waals surface area contributed by atoms with Crippen LogP contribution in [0.4, 0.5) is 0 Å². The van der Waals surface area contributed by atoms with Crippen LogP contribution in [0.1, 0.15) is 11.1 Å². The number of hydrogen-bond acceptors (Lipinski definition) is 4. The van der Waals surface area contributed by atoms with Gasteiger partial charge < -0.3 is 19.5 Å². The van der Waals surface area contributed by atoms with Gasteiger partial charge in [0.2, 0.25) is 5.79 Å². The molecular formula is C12H15NO3. The third-order valence-electron chi connectivity index (χ3n) is 3.15. The zero-order valence-corrected chi connectivity index (χ0v) is 9.29. The van der Waals surface area contributed by atoms with Gasteiger partial charge in [-0.2, -0.15) is 0 Å². The van der Waals surface area contributed by atoms with Gasteiger partial charge in [0.15, 0.2) is 0 Å². The number of benzene rings is 1. The fraction of sp³-hybridized carbons (Fsp3) is 0.500. The third kappa shape index (κ3) is 1.42. The number of methoxy groups -OCH3 is 1. The normalized spacial score (nSPS) is 22.1. The molecule has 1 N–H and O–H groups in total. The molecular weight excluding hydrogens is 206 g/mol. The molecule has 1 aromatic carbocycles. The Kier molecular flexibility index (Phi) is 2.35. The molecule has 4 heteroatoms. The van der Waals surface area contributed by atoms with Crippen molar-refractivity contribution >= 4 is 0 Å². The molecule has 1 saturated heterocycles. The molecule has 0 aliphatic carbocycles. The standard InChI is InChI=1S/C12H15NO3/c1-14-10-3-2-9-7-13-8-12(11(9)6-10)15-4-5-16-12/h2-3,6,13H,4-5,7-8H2,1H3. The minimum absolute atomic E-state index is 0.595. The smallest absolute Gasteiger partial charge is 0.208 e. The Labute approximate surface area is 94.5 Å². The molecule has 16 heavy (non-hydrogen) atoms. The van der Waals surface area contributed by atoms with Crippen LogP contribution in [0.3, 0.4) is 0 Å². The van der Waals surface area contributed by atoms with Crippen molar-refractivity contribution in [2.75, 3.05) is 26.9 Å². The highest BCUT2D eigenvalue weighted by Gasteiger charge is 2.42. The molecule has 0 aromatic heterocycles. The first-order chi connectivity index (χ1) is 7.84. The second kappa shape index (κ2) is 3.73. The Morgan fingerprint density at radius 2 is 2.12 bits per heavy atom. The molecule has 0 saturated carbocycles. The van der Waals surface area contributed by atoms with Gasteiger partial charge in [0.05, 0.1) is 26.9 Å². The van der Waals surface area contributed by atoms with Crippen LogP contribution in [0, 0.1) is 0 Å². The second-order valence-electron chi connectivity index (χ2n) is 4.08. The van der Waals surface area contributed by atoms with Gasteiger partial charge in [-0.3, -0.25) is 0 Å². The van der Waals surface area contributed by atoms with Crippen LogP contribution < -0.4 is 10.1 Å². The van der Waals surface area contributed by atoms with Gasteiger partial charge in [-0.25, -0.2) is 0 Å². The summed E-state index contributed by atoms with van der Waals surface area (Å²) in [4.78, 5) is 0. The monoisotopic (exact) mass is 221 g/mol. The molecule has 0 unspecified atom stereocenters. The van der Waals surface area contributed by atoms with Crippen LogP contribution in [0.2, 0.25) is 0 Å². The number of rotatable bonds is 1. The minimum Gasteiger partial charge on any atom is -0.497 e. The van der Waals surface area contributed by atoms with Crippen molar-refractivity contribution in [3.05, 3.63) is 29.3 Å². The number of nitrogens with one attached hydrogen (secondary N) is 1. The first-order valence-electron chi connectivity index (χ1n) is 5.50. The van der Waals surface area contributed by atoms with E-state index in [2.05, 4.69) is 11.4 Å². The van der Waals surface area contributed by atoms with Crippen molar-refractivity contribution in [3.63, 3.8) is 0 Å². The van der Waals surface area contributed by atoms with Crippen molar-refractivity contribution in [1.29, 1.82) is 0 Å². The fourth-order valence-electron chi connectivity index (χ4n) is 2.36. The average molecular weight is 221 g/mol. The van der Waals surface area contributed by atoms with Crippen molar-refractivity contribution in [2.24, 2.45) is 0 Å². The highest BCUT2D eigenvalue weighted by atomic mass is 16.7. The van der Waals surface area contributed by atoms with Crippen molar-refractivity contribution < 1.29 is 14.2 Å². The van der Waals surface area contributed by atoms with Crippen LogP contribution >= 0.6 is 0 Å². The summed E-state index contributed by atoms with van der Waals surface area (Å²) in [6.45, 7) is 2.86. The van der Waals surface area contributed by atoms with Crippen LogP contribution in [-0.2, 0) is 21.8 Å². The van der Waals surface area contributed by atoms with Gasteiger partial charge in [-0.05, 0) is 17.7 Å². The summed E-state index contributed by atoms with van der Waals surface area (Å²) < 4.78 is 16.8. The summed E-state index contributed by atoms with van der Waals surface area (Å²) >= 11 is 0. The lowest BCUT2D eigenvalue weighted by atomic mass is 9.95. The Balaban J connectivity index is 2.08. The van der Waals surface area contributed by atoms with Crippen LogP contribution in [0.15, 0.2) is 18.2 Å². The Bertz CT molecular complexity index is 399. The maximum absolute atomic E-state index is 5.77. The van der Waals surface area contributed by atoms with E-state index in [4.69, 9.17) is 14.2 Å².